The fourth-order valence-corrected chi connectivity index (χ4v) is 2.98. The van der Waals surface area contributed by atoms with Gasteiger partial charge >= 0.3 is 5.97 Å². The summed E-state index contributed by atoms with van der Waals surface area (Å²) in [4.78, 5) is 18.0. The summed E-state index contributed by atoms with van der Waals surface area (Å²) < 4.78 is 13.1. The number of aryl methyl sites for hydroxylation is 1. The van der Waals surface area contributed by atoms with E-state index in [1.54, 1.807) is 18.3 Å². The van der Waals surface area contributed by atoms with E-state index in [4.69, 9.17) is 5.11 Å². The number of rotatable bonds is 3. The first-order valence-corrected chi connectivity index (χ1v) is 7.06. The number of carbonyl (C=O) groups is 1. The second-order valence-electron chi connectivity index (χ2n) is 4.60. The maximum Gasteiger partial charge on any atom is 0.352 e. The first kappa shape index (κ1) is 13.5. The van der Waals surface area contributed by atoms with Gasteiger partial charge in [0.05, 0.1) is 5.69 Å². The molecule has 0 unspecified atom stereocenters. The summed E-state index contributed by atoms with van der Waals surface area (Å²) in [6.07, 6.45) is 1.61. The van der Waals surface area contributed by atoms with E-state index in [1.165, 1.54) is 23.5 Å². The number of carboxylic acid groups (broad SMARTS) is 1. The van der Waals surface area contributed by atoms with Gasteiger partial charge in [0.25, 0.3) is 0 Å². The number of aromatic carboxylic acids is 1. The van der Waals surface area contributed by atoms with Crippen molar-refractivity contribution < 1.29 is 14.3 Å². The van der Waals surface area contributed by atoms with Gasteiger partial charge in [-0.05, 0) is 36.8 Å². The van der Waals surface area contributed by atoms with Gasteiger partial charge in [-0.15, -0.1) is 11.3 Å². The predicted molar refractivity (Wildman–Crippen MR) is 79.0 cm³/mol. The lowest BCUT2D eigenvalue weighted by molar-refractivity contribution is 0.0691. The van der Waals surface area contributed by atoms with E-state index in [0.29, 0.717) is 5.69 Å². The number of nitrogens with one attached hydrogen (secondary N) is 1. The van der Waals surface area contributed by atoms with Gasteiger partial charge < -0.3 is 10.1 Å². The molecular formula is C15H11FN2O2S. The average Bonchev–Trinajstić information content (AvgIpc) is 3.07. The second kappa shape index (κ2) is 5.14. The molecule has 106 valence electrons. The largest absolute Gasteiger partial charge is 0.477 e. The molecule has 0 fully saturated rings. The number of thiazole rings is 1. The van der Waals surface area contributed by atoms with Gasteiger partial charge in [-0.25, -0.2) is 14.2 Å². The Balaban J connectivity index is 1.97. The van der Waals surface area contributed by atoms with Crippen LogP contribution in [-0.2, 0) is 0 Å². The van der Waals surface area contributed by atoms with Crippen LogP contribution < -0.4 is 0 Å². The van der Waals surface area contributed by atoms with Crippen molar-refractivity contribution in [2.24, 2.45) is 0 Å². The maximum absolute atomic E-state index is 13.1. The quantitative estimate of drug-likeness (QED) is 0.770. The van der Waals surface area contributed by atoms with Crippen molar-refractivity contribution in [1.82, 2.24) is 9.97 Å². The molecule has 21 heavy (non-hydrogen) atoms. The third-order valence-electron chi connectivity index (χ3n) is 3.13. The molecule has 3 aromatic rings. The van der Waals surface area contributed by atoms with Crippen molar-refractivity contribution in [2.45, 2.75) is 6.92 Å². The first-order valence-electron chi connectivity index (χ1n) is 6.19. The molecule has 3 rings (SSSR count). The van der Waals surface area contributed by atoms with Crippen LogP contribution in [0, 0.1) is 12.7 Å². The zero-order valence-electron chi connectivity index (χ0n) is 11.1. The van der Waals surface area contributed by atoms with Gasteiger partial charge in [-0.1, -0.05) is 0 Å². The predicted octanol–water partition coefficient (Wildman–Crippen LogP) is 3.95. The Bertz CT molecular complexity index is 823. The summed E-state index contributed by atoms with van der Waals surface area (Å²) in [6.45, 7) is 1.83. The fourth-order valence-electron chi connectivity index (χ4n) is 2.06. The minimum atomic E-state index is -1.01. The van der Waals surface area contributed by atoms with E-state index >= 15 is 0 Å². The molecule has 0 radical (unpaired) electrons. The molecule has 0 spiro atoms. The molecule has 0 aliphatic carbocycles. The van der Waals surface area contributed by atoms with Gasteiger partial charge in [0.2, 0.25) is 0 Å². The van der Waals surface area contributed by atoms with E-state index in [-0.39, 0.29) is 11.5 Å². The lowest BCUT2D eigenvalue weighted by Gasteiger charge is -2.01. The minimum absolute atomic E-state index is 0.123. The maximum atomic E-state index is 13.1. The number of aromatic amines is 1. The summed E-state index contributed by atoms with van der Waals surface area (Å²) in [6, 6.07) is 6.11. The van der Waals surface area contributed by atoms with Crippen LogP contribution in [-0.4, -0.2) is 21.0 Å². The molecule has 0 aliphatic rings. The van der Waals surface area contributed by atoms with Gasteiger partial charge in [0.15, 0.2) is 0 Å². The topological polar surface area (TPSA) is 66.0 Å². The summed E-state index contributed by atoms with van der Waals surface area (Å²) in [5.74, 6) is -1.28. The zero-order chi connectivity index (χ0) is 15.0. The molecule has 2 heterocycles. The van der Waals surface area contributed by atoms with E-state index in [9.17, 15) is 9.18 Å². The number of aromatic nitrogens is 2. The standard InChI is InChI=1S/C15H11FN2O2S/c1-8-4-10(16)2-3-11(8)14-18-13(7-21-14)9-5-12(15(19)20)17-6-9/h2-7,17H,1H3,(H,19,20). The normalized spacial score (nSPS) is 10.8. The summed E-state index contributed by atoms with van der Waals surface area (Å²) in [5.41, 5.74) is 3.23. The number of nitrogens with zero attached hydrogens (tertiary/aromatic N) is 1. The Morgan fingerprint density at radius 1 is 1.38 bits per heavy atom. The smallest absolute Gasteiger partial charge is 0.352 e. The van der Waals surface area contributed by atoms with Crippen LogP contribution in [0.5, 0.6) is 0 Å². The lowest BCUT2D eigenvalue weighted by Crippen LogP contribution is -1.94. The Hall–Kier alpha value is -2.47. The van der Waals surface area contributed by atoms with Crippen LogP contribution in [0.15, 0.2) is 35.8 Å². The van der Waals surface area contributed by atoms with Crippen molar-refractivity contribution in [3.05, 3.63) is 52.9 Å². The summed E-state index contributed by atoms with van der Waals surface area (Å²) in [7, 11) is 0. The highest BCUT2D eigenvalue weighted by Crippen LogP contribution is 2.31. The van der Waals surface area contributed by atoms with Crippen molar-refractivity contribution >= 4 is 17.3 Å². The third-order valence-corrected chi connectivity index (χ3v) is 4.01. The van der Waals surface area contributed by atoms with Crippen LogP contribution in [0.3, 0.4) is 0 Å². The molecule has 0 saturated heterocycles. The molecular weight excluding hydrogens is 291 g/mol. The van der Waals surface area contributed by atoms with Crippen molar-refractivity contribution in [1.29, 1.82) is 0 Å². The molecule has 6 heteroatoms. The van der Waals surface area contributed by atoms with Crippen LogP contribution >= 0.6 is 11.3 Å². The molecule has 0 atom stereocenters. The van der Waals surface area contributed by atoms with Crippen molar-refractivity contribution in [3.8, 4) is 21.8 Å². The fraction of sp³-hybridized carbons (Fsp3) is 0.0667. The Morgan fingerprint density at radius 3 is 2.86 bits per heavy atom. The molecule has 2 N–H and O–H groups in total. The number of hydrogen-bond acceptors (Lipinski definition) is 3. The molecule has 4 nitrogen and oxygen atoms in total. The molecule has 0 saturated carbocycles. The number of hydrogen-bond donors (Lipinski definition) is 2. The first-order chi connectivity index (χ1) is 10.0. The van der Waals surface area contributed by atoms with E-state index < -0.39 is 5.97 Å². The second-order valence-corrected chi connectivity index (χ2v) is 5.46. The molecule has 1 aromatic carbocycles. The number of halogens is 1. The third kappa shape index (κ3) is 2.57. The SMILES string of the molecule is Cc1cc(F)ccc1-c1nc(-c2c[nH]c(C(=O)O)c2)cs1. The Morgan fingerprint density at radius 2 is 2.19 bits per heavy atom. The zero-order valence-corrected chi connectivity index (χ0v) is 11.9. The molecule has 0 amide bonds. The highest BCUT2D eigenvalue weighted by atomic mass is 32.1. The van der Waals surface area contributed by atoms with Gasteiger partial charge in [-0.3, -0.25) is 0 Å². The number of carboxylic acids is 1. The highest BCUT2D eigenvalue weighted by molar-refractivity contribution is 7.13. The van der Waals surface area contributed by atoms with Gasteiger partial charge in [0, 0.05) is 22.7 Å². The van der Waals surface area contributed by atoms with Gasteiger partial charge in [-0.2, -0.15) is 0 Å². The monoisotopic (exact) mass is 302 g/mol. The van der Waals surface area contributed by atoms with Crippen LogP contribution in [0.1, 0.15) is 16.1 Å². The Kier molecular flexibility index (Phi) is 3.31. The van der Waals surface area contributed by atoms with E-state index in [0.717, 1.165) is 21.7 Å². The molecule has 2 aromatic heterocycles. The number of H-pyrrole nitrogens is 1. The van der Waals surface area contributed by atoms with E-state index in [2.05, 4.69) is 9.97 Å². The molecule has 0 bridgehead atoms. The summed E-state index contributed by atoms with van der Waals surface area (Å²) >= 11 is 1.44. The minimum Gasteiger partial charge on any atom is -0.477 e. The van der Waals surface area contributed by atoms with Crippen LogP contribution in [0.25, 0.3) is 21.8 Å². The van der Waals surface area contributed by atoms with Crippen LogP contribution in [0.4, 0.5) is 4.39 Å². The molecule has 0 aliphatic heterocycles. The lowest BCUT2D eigenvalue weighted by atomic mass is 10.1. The van der Waals surface area contributed by atoms with Gasteiger partial charge in [0.1, 0.15) is 16.5 Å². The van der Waals surface area contributed by atoms with E-state index in [1.807, 2.05) is 12.3 Å². The average molecular weight is 302 g/mol. The highest BCUT2D eigenvalue weighted by Gasteiger charge is 2.12. The Labute approximate surface area is 123 Å². The van der Waals surface area contributed by atoms with Crippen molar-refractivity contribution in [2.75, 3.05) is 0 Å². The summed E-state index contributed by atoms with van der Waals surface area (Å²) in [5, 5.41) is 11.5. The number of benzene rings is 1. The van der Waals surface area contributed by atoms with Crippen molar-refractivity contribution in [3.63, 3.8) is 0 Å². The van der Waals surface area contributed by atoms with Crippen LogP contribution in [0.2, 0.25) is 0 Å².